The molecule has 25 heavy (non-hydrogen) atoms. The highest BCUT2D eigenvalue weighted by Crippen LogP contribution is 2.27. The SMILES string of the molecule is CCc1ccccc1NC(=O)CN(C)CCOc1ccc(Cl)cc1Cl. The smallest absolute Gasteiger partial charge is 0.238 e. The number of hydrogen-bond donors (Lipinski definition) is 1. The molecule has 0 aliphatic heterocycles. The van der Waals surface area contributed by atoms with E-state index in [0.29, 0.717) is 28.9 Å². The summed E-state index contributed by atoms with van der Waals surface area (Å²) in [5.41, 5.74) is 1.99. The summed E-state index contributed by atoms with van der Waals surface area (Å²) in [6, 6.07) is 12.9. The Hall–Kier alpha value is -1.75. The van der Waals surface area contributed by atoms with Crippen LogP contribution >= 0.6 is 23.2 Å². The van der Waals surface area contributed by atoms with Crippen LogP contribution in [0.1, 0.15) is 12.5 Å². The van der Waals surface area contributed by atoms with Gasteiger partial charge >= 0.3 is 0 Å². The molecule has 0 saturated heterocycles. The van der Waals surface area contributed by atoms with Gasteiger partial charge in [-0.2, -0.15) is 0 Å². The molecule has 0 aromatic heterocycles. The van der Waals surface area contributed by atoms with Crippen LogP contribution in [0.15, 0.2) is 42.5 Å². The average molecular weight is 381 g/mol. The number of ether oxygens (including phenoxy) is 1. The molecular weight excluding hydrogens is 359 g/mol. The molecule has 0 aliphatic carbocycles. The van der Waals surface area contributed by atoms with Gasteiger partial charge in [0.1, 0.15) is 12.4 Å². The number of nitrogens with one attached hydrogen (secondary N) is 1. The van der Waals surface area contributed by atoms with E-state index in [1.165, 1.54) is 0 Å². The third-order valence-electron chi connectivity index (χ3n) is 3.71. The minimum absolute atomic E-state index is 0.0482. The highest BCUT2D eigenvalue weighted by Gasteiger charge is 2.09. The zero-order valence-electron chi connectivity index (χ0n) is 14.4. The second-order valence-corrected chi connectivity index (χ2v) is 6.56. The largest absolute Gasteiger partial charge is 0.491 e. The summed E-state index contributed by atoms with van der Waals surface area (Å²) in [5, 5.41) is 4.00. The first-order chi connectivity index (χ1) is 12.0. The highest BCUT2D eigenvalue weighted by molar-refractivity contribution is 6.35. The van der Waals surface area contributed by atoms with Gasteiger partial charge in [0.15, 0.2) is 0 Å². The number of aryl methyl sites for hydroxylation is 1. The molecule has 2 aromatic rings. The Bertz CT molecular complexity index is 722. The maximum absolute atomic E-state index is 12.2. The quantitative estimate of drug-likeness (QED) is 0.732. The zero-order valence-corrected chi connectivity index (χ0v) is 15.9. The summed E-state index contributed by atoms with van der Waals surface area (Å²) < 4.78 is 5.63. The number of para-hydroxylation sites is 1. The molecule has 4 nitrogen and oxygen atoms in total. The summed E-state index contributed by atoms with van der Waals surface area (Å²) >= 11 is 11.9. The second kappa shape index (κ2) is 9.66. The fourth-order valence-electron chi connectivity index (χ4n) is 2.37. The molecule has 134 valence electrons. The maximum Gasteiger partial charge on any atom is 0.238 e. The van der Waals surface area contributed by atoms with Gasteiger partial charge in [-0.3, -0.25) is 9.69 Å². The number of amides is 1. The molecule has 0 unspecified atom stereocenters. The molecule has 0 saturated carbocycles. The van der Waals surface area contributed by atoms with Gasteiger partial charge in [0, 0.05) is 17.3 Å². The van der Waals surface area contributed by atoms with Crippen molar-refractivity contribution < 1.29 is 9.53 Å². The lowest BCUT2D eigenvalue weighted by Crippen LogP contribution is -2.33. The van der Waals surface area contributed by atoms with E-state index in [-0.39, 0.29) is 12.5 Å². The third kappa shape index (κ3) is 6.24. The zero-order chi connectivity index (χ0) is 18.2. The van der Waals surface area contributed by atoms with Crippen LogP contribution in [0.5, 0.6) is 5.75 Å². The standard InChI is InChI=1S/C19H22Cl2N2O2/c1-3-14-6-4-5-7-17(14)22-19(24)13-23(2)10-11-25-18-9-8-15(20)12-16(18)21/h4-9,12H,3,10-11,13H2,1-2H3,(H,22,24). The predicted octanol–water partition coefficient (Wildman–Crippen LogP) is 4.51. The lowest BCUT2D eigenvalue weighted by molar-refractivity contribution is -0.117. The number of carbonyl (C=O) groups is 1. The average Bonchev–Trinajstić information content (AvgIpc) is 2.57. The van der Waals surface area contributed by atoms with Crippen molar-refractivity contribution in [1.82, 2.24) is 4.90 Å². The first kappa shape index (κ1) is 19.6. The van der Waals surface area contributed by atoms with Crippen molar-refractivity contribution >= 4 is 34.8 Å². The molecule has 0 aliphatic rings. The Kier molecular flexibility index (Phi) is 7.56. The van der Waals surface area contributed by atoms with Crippen LogP contribution in [0.4, 0.5) is 5.69 Å². The molecule has 0 heterocycles. The molecule has 1 N–H and O–H groups in total. The predicted molar refractivity (Wildman–Crippen MR) is 104 cm³/mol. The number of anilines is 1. The van der Waals surface area contributed by atoms with Crippen molar-refractivity contribution in [3.8, 4) is 5.75 Å². The Balaban J connectivity index is 1.77. The van der Waals surface area contributed by atoms with Crippen molar-refractivity contribution in [2.45, 2.75) is 13.3 Å². The van der Waals surface area contributed by atoms with Crippen LogP contribution in [0.25, 0.3) is 0 Å². The van der Waals surface area contributed by atoms with Gasteiger partial charge in [0.2, 0.25) is 5.91 Å². The Morgan fingerprint density at radius 2 is 1.96 bits per heavy atom. The molecular formula is C19H22Cl2N2O2. The number of nitrogens with zero attached hydrogens (tertiary/aromatic N) is 1. The Morgan fingerprint density at radius 3 is 2.68 bits per heavy atom. The summed E-state index contributed by atoms with van der Waals surface area (Å²) in [6.45, 7) is 3.38. The minimum atomic E-state index is -0.0482. The molecule has 2 rings (SSSR count). The minimum Gasteiger partial charge on any atom is -0.491 e. The molecule has 2 aromatic carbocycles. The van der Waals surface area contributed by atoms with Gasteiger partial charge in [-0.1, -0.05) is 48.3 Å². The first-order valence-electron chi connectivity index (χ1n) is 8.13. The summed E-state index contributed by atoms with van der Waals surface area (Å²) in [5.74, 6) is 0.536. The molecule has 0 atom stereocenters. The summed E-state index contributed by atoms with van der Waals surface area (Å²) in [4.78, 5) is 14.1. The topological polar surface area (TPSA) is 41.6 Å². The van der Waals surface area contributed by atoms with Crippen LogP contribution in [-0.4, -0.2) is 37.6 Å². The lowest BCUT2D eigenvalue weighted by atomic mass is 10.1. The molecule has 1 amide bonds. The van der Waals surface area contributed by atoms with E-state index in [1.807, 2.05) is 36.2 Å². The maximum atomic E-state index is 12.2. The normalized spacial score (nSPS) is 10.8. The monoisotopic (exact) mass is 380 g/mol. The van der Waals surface area contributed by atoms with Gasteiger partial charge in [0.05, 0.1) is 11.6 Å². The second-order valence-electron chi connectivity index (χ2n) is 5.72. The van der Waals surface area contributed by atoms with Gasteiger partial charge in [-0.05, 0) is 43.3 Å². The van der Waals surface area contributed by atoms with Crippen LogP contribution < -0.4 is 10.1 Å². The van der Waals surface area contributed by atoms with Crippen molar-refractivity contribution in [2.24, 2.45) is 0 Å². The van der Waals surface area contributed by atoms with E-state index < -0.39 is 0 Å². The number of benzene rings is 2. The molecule has 0 spiro atoms. The van der Waals surface area contributed by atoms with Crippen LogP contribution in [0.2, 0.25) is 10.0 Å². The van der Waals surface area contributed by atoms with E-state index >= 15 is 0 Å². The molecule has 6 heteroatoms. The van der Waals surface area contributed by atoms with Gasteiger partial charge in [-0.15, -0.1) is 0 Å². The summed E-state index contributed by atoms with van der Waals surface area (Å²) in [6.07, 6.45) is 0.877. The van der Waals surface area contributed by atoms with Crippen molar-refractivity contribution in [2.75, 3.05) is 32.1 Å². The van der Waals surface area contributed by atoms with E-state index in [1.54, 1.807) is 18.2 Å². The number of likely N-dealkylation sites (N-methyl/N-ethyl adjacent to an activating group) is 1. The third-order valence-corrected chi connectivity index (χ3v) is 4.24. The lowest BCUT2D eigenvalue weighted by Gasteiger charge is -2.17. The first-order valence-corrected chi connectivity index (χ1v) is 8.89. The number of carbonyl (C=O) groups excluding carboxylic acids is 1. The van der Waals surface area contributed by atoms with Crippen molar-refractivity contribution in [3.05, 3.63) is 58.1 Å². The van der Waals surface area contributed by atoms with Crippen LogP contribution in [0, 0.1) is 0 Å². The van der Waals surface area contributed by atoms with E-state index in [4.69, 9.17) is 27.9 Å². The Morgan fingerprint density at radius 1 is 1.20 bits per heavy atom. The van der Waals surface area contributed by atoms with Crippen molar-refractivity contribution in [3.63, 3.8) is 0 Å². The molecule has 0 radical (unpaired) electrons. The molecule has 0 bridgehead atoms. The van der Waals surface area contributed by atoms with Crippen LogP contribution in [0.3, 0.4) is 0 Å². The van der Waals surface area contributed by atoms with Gasteiger partial charge in [-0.25, -0.2) is 0 Å². The van der Waals surface area contributed by atoms with Gasteiger partial charge in [0.25, 0.3) is 0 Å². The molecule has 0 fully saturated rings. The fourth-order valence-corrected chi connectivity index (χ4v) is 2.83. The number of halogens is 2. The number of rotatable bonds is 8. The van der Waals surface area contributed by atoms with E-state index in [2.05, 4.69) is 12.2 Å². The number of hydrogen-bond acceptors (Lipinski definition) is 3. The fraction of sp³-hybridized carbons (Fsp3) is 0.316. The van der Waals surface area contributed by atoms with E-state index in [9.17, 15) is 4.79 Å². The summed E-state index contributed by atoms with van der Waals surface area (Å²) in [7, 11) is 1.87. The van der Waals surface area contributed by atoms with E-state index in [0.717, 1.165) is 17.7 Å². The van der Waals surface area contributed by atoms with Crippen molar-refractivity contribution in [1.29, 1.82) is 0 Å². The Labute approximate surface area is 158 Å². The van der Waals surface area contributed by atoms with Crippen LogP contribution in [-0.2, 0) is 11.2 Å². The van der Waals surface area contributed by atoms with Gasteiger partial charge < -0.3 is 10.1 Å². The highest BCUT2D eigenvalue weighted by atomic mass is 35.5.